The quantitative estimate of drug-likeness (QED) is 0.152. The molecule has 1 saturated carbocycles. The fraction of sp³-hybridized carbons (Fsp3) is 0.619. The molecule has 3 heterocycles. The van der Waals surface area contributed by atoms with Crippen molar-refractivity contribution in [3.8, 4) is 17.2 Å². The van der Waals surface area contributed by atoms with Gasteiger partial charge in [-0.3, -0.25) is 19.3 Å². The molecule has 17 nitrogen and oxygen atoms in total. The zero-order chi connectivity index (χ0) is 42.0. The minimum Gasteiger partial charge on any atom is -0.507 e. The minimum atomic E-state index is -2.31. The van der Waals surface area contributed by atoms with Gasteiger partial charge in [-0.05, 0) is 32.3 Å². The van der Waals surface area contributed by atoms with Crippen molar-refractivity contribution in [2.45, 2.75) is 132 Å². The molecule has 0 radical (unpaired) electrons. The van der Waals surface area contributed by atoms with Crippen LogP contribution in [0.5, 0.6) is 17.2 Å². The number of ketones is 3. The second-order valence-corrected chi connectivity index (χ2v) is 16.2. The van der Waals surface area contributed by atoms with Crippen LogP contribution in [0.15, 0.2) is 18.2 Å². The average molecular weight is 826 g/mol. The minimum absolute atomic E-state index is 0.0561. The third-order valence-electron chi connectivity index (χ3n) is 12.8. The topological polar surface area (TPSA) is 226 Å². The number of fused-ring (bicyclic) bond motifs is 6. The van der Waals surface area contributed by atoms with Gasteiger partial charge in [0.2, 0.25) is 5.78 Å². The summed E-state index contributed by atoms with van der Waals surface area (Å²) in [5.41, 5.74) is -3.64. The first kappa shape index (κ1) is 41.7. The Hall–Kier alpha value is -4.04. The fourth-order valence-electron chi connectivity index (χ4n) is 9.83. The largest absolute Gasteiger partial charge is 0.507 e. The summed E-state index contributed by atoms with van der Waals surface area (Å²) < 4.78 is 48.2. The first-order valence-corrected chi connectivity index (χ1v) is 20.3. The predicted octanol–water partition coefficient (Wildman–Crippen LogP) is 3.28. The van der Waals surface area contributed by atoms with E-state index in [4.69, 9.17) is 37.9 Å². The number of Topliss-reactive ketones (excluding diaryl/α,β-unsaturated/α-hetero) is 1. The molecule has 2 aromatic carbocycles. The molecule has 59 heavy (non-hydrogen) atoms. The number of phenolic OH excluding ortho intramolecular Hbond substituents is 2. The van der Waals surface area contributed by atoms with Crippen LogP contribution in [0.3, 0.4) is 0 Å². The molecule has 4 N–H and O–H groups in total. The molecule has 3 aliphatic heterocycles. The van der Waals surface area contributed by atoms with E-state index in [2.05, 4.69) is 4.90 Å². The second kappa shape index (κ2) is 16.1. The average Bonchev–Trinajstić information content (AvgIpc) is 3.61. The zero-order valence-electron chi connectivity index (χ0n) is 33.5. The van der Waals surface area contributed by atoms with E-state index in [0.717, 1.165) is 6.42 Å². The van der Waals surface area contributed by atoms with E-state index in [9.17, 15) is 39.6 Å². The summed E-state index contributed by atoms with van der Waals surface area (Å²) in [5.74, 6) is -6.16. The number of nitrogens with zero attached hydrogens (tertiary/aromatic N) is 1. The molecular weight excluding hydrogens is 774 g/mol. The van der Waals surface area contributed by atoms with Crippen LogP contribution in [-0.4, -0.2) is 137 Å². The number of hydrogen-bond acceptors (Lipinski definition) is 16. The molecule has 17 heteroatoms. The van der Waals surface area contributed by atoms with Crippen LogP contribution in [0.2, 0.25) is 0 Å². The Bertz CT molecular complexity index is 2010. The number of benzene rings is 2. The first-order chi connectivity index (χ1) is 28.2. The lowest BCUT2D eigenvalue weighted by molar-refractivity contribution is -0.272. The number of ether oxygens (including phenoxy) is 8. The molecule has 8 rings (SSSR count). The summed E-state index contributed by atoms with van der Waals surface area (Å²) in [7, 11) is 2.88. The monoisotopic (exact) mass is 825 g/mol. The molecule has 3 saturated heterocycles. The van der Waals surface area contributed by atoms with Crippen molar-refractivity contribution in [2.24, 2.45) is 0 Å². The zero-order valence-corrected chi connectivity index (χ0v) is 33.5. The summed E-state index contributed by atoms with van der Waals surface area (Å²) in [4.78, 5) is 56.7. The van der Waals surface area contributed by atoms with Gasteiger partial charge in [-0.2, -0.15) is 0 Å². The highest BCUT2D eigenvalue weighted by Crippen LogP contribution is 2.53. The molecule has 3 aliphatic carbocycles. The lowest BCUT2D eigenvalue weighted by Gasteiger charge is -2.44. The summed E-state index contributed by atoms with van der Waals surface area (Å²) >= 11 is 0. The predicted molar refractivity (Wildman–Crippen MR) is 201 cm³/mol. The van der Waals surface area contributed by atoms with Gasteiger partial charge in [0.25, 0.3) is 0 Å². The number of carbonyl (C=O) groups excluding carboxylic acids is 3. The van der Waals surface area contributed by atoms with E-state index >= 15 is 0 Å². The van der Waals surface area contributed by atoms with Crippen LogP contribution in [-0.2, 0) is 49.2 Å². The lowest BCUT2D eigenvalue weighted by Crippen LogP contribution is -2.55. The Morgan fingerprint density at radius 1 is 1.02 bits per heavy atom. The molecule has 320 valence electrons. The second-order valence-electron chi connectivity index (χ2n) is 16.2. The standard InChI is InChI=1S/C42H51NO16/c1-5-24(39(49)50)59-42(12-7-6-8-13-42)55-19-27(44)41(51)17-22-30(36(48)32-31(34(22)46)33(45)21-10-9-11-25(52-3)29(21)35(32)47)26(18-41)57-28-16-23-37(20(2)56-28)58-38-40(53-4)54-15-14-43(23)38/h9-11,20,23-24,26,28,37-38,40,46,48,51H,5-8,12-19H2,1-4H3,(H,49,50)/t20-,23-,24?,26-,28-,37+,38+,40-,41-/m0/s1. The lowest BCUT2D eigenvalue weighted by atomic mass is 9.72. The van der Waals surface area contributed by atoms with Gasteiger partial charge < -0.3 is 58.3 Å². The molecule has 1 unspecified atom stereocenters. The number of phenols is 2. The number of aromatic hydroxyl groups is 2. The molecule has 9 atom stereocenters. The summed E-state index contributed by atoms with van der Waals surface area (Å²) in [6, 6.07) is 4.22. The number of hydrogen-bond donors (Lipinski definition) is 4. The third kappa shape index (κ3) is 7.13. The number of morpholine rings is 1. The number of aliphatic hydroxyl groups is 1. The molecular formula is C42H51NO16. The van der Waals surface area contributed by atoms with Crippen molar-refractivity contribution < 1.29 is 77.5 Å². The van der Waals surface area contributed by atoms with E-state index in [1.54, 1.807) is 6.92 Å². The SMILES string of the molecule is CCC(OC1(OCC(=O)[C@]2(O)Cc3c(O)c4c(c(O)c3[C@@H](O[C@H]3C[C@H]5[C@H](O[C@@H]6[C@@H](OC)OCCN65)[C@H](C)O3)C2)C(=O)c2c(OC)cccc2C4=O)CCCCC1)C(=O)O. The van der Waals surface area contributed by atoms with Crippen LogP contribution in [0.1, 0.15) is 114 Å². The van der Waals surface area contributed by atoms with Gasteiger partial charge in [0.1, 0.15) is 35.6 Å². The van der Waals surface area contributed by atoms with Crippen molar-refractivity contribution >= 4 is 23.3 Å². The van der Waals surface area contributed by atoms with Crippen LogP contribution in [0.25, 0.3) is 0 Å². The van der Waals surface area contributed by atoms with Crippen LogP contribution in [0, 0.1) is 0 Å². The third-order valence-corrected chi connectivity index (χ3v) is 12.8. The summed E-state index contributed by atoms with van der Waals surface area (Å²) in [6.07, 6.45) is -3.34. The molecule has 2 aromatic rings. The van der Waals surface area contributed by atoms with Crippen molar-refractivity contribution in [1.82, 2.24) is 4.90 Å². The van der Waals surface area contributed by atoms with E-state index < -0.39 is 114 Å². The normalized spacial score (nSPS) is 31.6. The number of methoxy groups -OCH3 is 2. The molecule has 0 spiro atoms. The Kier molecular flexibility index (Phi) is 11.4. The van der Waals surface area contributed by atoms with Gasteiger partial charge in [-0.1, -0.05) is 25.5 Å². The van der Waals surface area contributed by atoms with Crippen molar-refractivity contribution in [3.63, 3.8) is 0 Å². The number of carboxylic acid groups (broad SMARTS) is 1. The van der Waals surface area contributed by atoms with Crippen molar-refractivity contribution in [3.05, 3.63) is 51.6 Å². The molecule has 4 fully saturated rings. The van der Waals surface area contributed by atoms with Crippen LogP contribution < -0.4 is 4.74 Å². The number of rotatable bonds is 12. The van der Waals surface area contributed by atoms with Crippen LogP contribution >= 0.6 is 0 Å². The van der Waals surface area contributed by atoms with Gasteiger partial charge in [0.05, 0.1) is 42.6 Å². The van der Waals surface area contributed by atoms with Gasteiger partial charge in [-0.15, -0.1) is 0 Å². The van der Waals surface area contributed by atoms with Gasteiger partial charge in [0, 0.05) is 68.5 Å². The van der Waals surface area contributed by atoms with Gasteiger partial charge in [0.15, 0.2) is 42.3 Å². The maximum Gasteiger partial charge on any atom is 0.332 e. The van der Waals surface area contributed by atoms with Crippen LogP contribution in [0.4, 0.5) is 0 Å². The summed E-state index contributed by atoms with van der Waals surface area (Å²) in [5, 5.41) is 46.3. The van der Waals surface area contributed by atoms with E-state index in [0.29, 0.717) is 38.8 Å². The van der Waals surface area contributed by atoms with Gasteiger partial charge >= 0.3 is 5.97 Å². The van der Waals surface area contributed by atoms with Crippen molar-refractivity contribution in [2.75, 3.05) is 34.0 Å². The van der Waals surface area contributed by atoms with E-state index in [1.165, 1.54) is 32.4 Å². The molecule has 0 amide bonds. The number of carboxylic acids is 1. The Morgan fingerprint density at radius 3 is 2.46 bits per heavy atom. The Balaban J connectivity index is 1.16. The summed E-state index contributed by atoms with van der Waals surface area (Å²) in [6.45, 7) is 3.75. The highest BCUT2D eigenvalue weighted by atomic mass is 16.7. The van der Waals surface area contributed by atoms with Crippen molar-refractivity contribution in [1.29, 1.82) is 0 Å². The van der Waals surface area contributed by atoms with Gasteiger partial charge in [-0.25, -0.2) is 4.79 Å². The highest BCUT2D eigenvalue weighted by Gasteiger charge is 2.55. The first-order valence-electron chi connectivity index (χ1n) is 20.3. The smallest absolute Gasteiger partial charge is 0.332 e. The Labute approximate surface area is 340 Å². The maximum atomic E-state index is 14.3. The number of aliphatic carboxylic acids is 1. The molecule has 0 aromatic heterocycles. The van der Waals surface area contributed by atoms with E-state index in [-0.39, 0.29) is 53.0 Å². The van der Waals surface area contributed by atoms with E-state index in [1.807, 2.05) is 6.92 Å². The maximum absolute atomic E-state index is 14.3. The highest BCUT2D eigenvalue weighted by molar-refractivity contribution is 6.31. The molecule has 0 bridgehead atoms. The fourth-order valence-corrected chi connectivity index (χ4v) is 9.83. The Morgan fingerprint density at radius 2 is 1.76 bits per heavy atom. The molecule has 6 aliphatic rings. The number of carbonyl (C=O) groups is 4.